The third-order valence-corrected chi connectivity index (χ3v) is 6.00. The number of amides is 2. The van der Waals surface area contributed by atoms with Gasteiger partial charge >= 0.3 is 6.03 Å². The van der Waals surface area contributed by atoms with Crippen molar-refractivity contribution in [2.45, 2.75) is 33.1 Å². The van der Waals surface area contributed by atoms with Crippen molar-refractivity contribution >= 4 is 11.7 Å². The third kappa shape index (κ3) is 7.08. The van der Waals surface area contributed by atoms with E-state index in [2.05, 4.69) is 31.1 Å². The standard InChI is InChI=1S/C24H30FN7O.CH4/c1-31-23(28-29-30-31)20-7-11-22(12-8-20)27-24(33)26-13-3-15-32-14-2-4-19(17-32)16-18-5-9-21(25)10-6-18;/h5-12,19H,2-4,13-17H2,1H3,(H2,26,27,33);1H4/t19-;/m0./s1. The molecule has 1 aliphatic heterocycles. The summed E-state index contributed by atoms with van der Waals surface area (Å²) in [6.07, 6.45) is 4.28. The maximum Gasteiger partial charge on any atom is 0.319 e. The lowest BCUT2D eigenvalue weighted by atomic mass is 9.91. The molecule has 182 valence electrons. The van der Waals surface area contributed by atoms with Gasteiger partial charge in [0, 0.05) is 31.4 Å². The van der Waals surface area contributed by atoms with E-state index in [9.17, 15) is 9.18 Å². The van der Waals surface area contributed by atoms with Gasteiger partial charge in [-0.25, -0.2) is 13.9 Å². The highest BCUT2D eigenvalue weighted by molar-refractivity contribution is 5.89. The lowest BCUT2D eigenvalue weighted by Crippen LogP contribution is -2.38. The molecule has 0 unspecified atom stereocenters. The topological polar surface area (TPSA) is 88.0 Å². The number of carbonyl (C=O) groups is 1. The molecule has 34 heavy (non-hydrogen) atoms. The van der Waals surface area contributed by atoms with Gasteiger partial charge in [-0.2, -0.15) is 0 Å². The Labute approximate surface area is 200 Å². The van der Waals surface area contributed by atoms with Gasteiger partial charge < -0.3 is 15.5 Å². The van der Waals surface area contributed by atoms with E-state index in [4.69, 9.17) is 0 Å². The summed E-state index contributed by atoms with van der Waals surface area (Å²) in [6.45, 7) is 3.73. The zero-order chi connectivity index (χ0) is 23.0. The number of carbonyl (C=O) groups excluding carboxylic acids is 1. The molecule has 1 atom stereocenters. The highest BCUT2D eigenvalue weighted by Crippen LogP contribution is 2.21. The Morgan fingerprint density at radius 2 is 1.91 bits per heavy atom. The number of nitrogens with one attached hydrogen (secondary N) is 2. The van der Waals surface area contributed by atoms with Gasteiger partial charge in [0.15, 0.2) is 5.82 Å². The Hall–Kier alpha value is -3.33. The van der Waals surface area contributed by atoms with Gasteiger partial charge in [0.25, 0.3) is 0 Å². The van der Waals surface area contributed by atoms with E-state index in [1.165, 1.54) is 30.5 Å². The van der Waals surface area contributed by atoms with Crippen molar-refractivity contribution in [1.29, 1.82) is 0 Å². The molecule has 2 heterocycles. The van der Waals surface area contributed by atoms with Gasteiger partial charge in [-0.15, -0.1) is 5.10 Å². The molecule has 1 fully saturated rings. The summed E-state index contributed by atoms with van der Waals surface area (Å²) in [5, 5.41) is 17.2. The SMILES string of the molecule is C.Cn1nnnc1-c1ccc(NC(=O)NCCCN2CCC[C@@H](Cc3ccc(F)cc3)C2)cc1. The van der Waals surface area contributed by atoms with Crippen LogP contribution >= 0.6 is 0 Å². The maximum atomic E-state index is 13.1. The monoisotopic (exact) mass is 467 g/mol. The fourth-order valence-electron chi connectivity index (χ4n) is 4.33. The molecule has 0 saturated carbocycles. The lowest BCUT2D eigenvalue weighted by molar-refractivity contribution is 0.172. The van der Waals surface area contributed by atoms with Gasteiger partial charge in [0.2, 0.25) is 0 Å². The summed E-state index contributed by atoms with van der Waals surface area (Å²) in [6, 6.07) is 14.1. The molecule has 3 aromatic rings. The summed E-state index contributed by atoms with van der Waals surface area (Å²) in [4.78, 5) is 14.7. The lowest BCUT2D eigenvalue weighted by Gasteiger charge is -2.32. The Kier molecular flexibility index (Phi) is 9.09. The molecular formula is C25H34FN7O. The van der Waals surface area contributed by atoms with Crippen LogP contribution in [0.15, 0.2) is 48.5 Å². The van der Waals surface area contributed by atoms with Crippen LogP contribution in [0.1, 0.15) is 32.3 Å². The van der Waals surface area contributed by atoms with E-state index >= 15 is 0 Å². The van der Waals surface area contributed by atoms with Gasteiger partial charge in [-0.05, 0) is 97.1 Å². The van der Waals surface area contributed by atoms with Crippen molar-refractivity contribution < 1.29 is 9.18 Å². The van der Waals surface area contributed by atoms with Gasteiger partial charge in [-0.3, -0.25) is 0 Å². The van der Waals surface area contributed by atoms with Crippen LogP contribution in [0.4, 0.5) is 14.9 Å². The summed E-state index contributed by atoms with van der Waals surface area (Å²) < 4.78 is 14.7. The fraction of sp³-hybridized carbons (Fsp3) is 0.440. The van der Waals surface area contributed by atoms with E-state index in [-0.39, 0.29) is 19.3 Å². The number of hydrogen-bond donors (Lipinski definition) is 2. The first kappa shape index (κ1) is 25.3. The number of tetrazole rings is 1. The smallest absolute Gasteiger partial charge is 0.319 e. The predicted octanol–water partition coefficient (Wildman–Crippen LogP) is 4.12. The average Bonchev–Trinajstić information content (AvgIpc) is 3.25. The first-order valence-corrected chi connectivity index (χ1v) is 11.4. The molecule has 1 saturated heterocycles. The Morgan fingerprint density at radius 3 is 2.62 bits per heavy atom. The summed E-state index contributed by atoms with van der Waals surface area (Å²) in [5.41, 5.74) is 2.79. The molecule has 0 bridgehead atoms. The number of halogens is 1. The van der Waals surface area contributed by atoms with Crippen molar-refractivity contribution in [1.82, 2.24) is 30.4 Å². The number of anilines is 1. The third-order valence-electron chi connectivity index (χ3n) is 6.00. The maximum absolute atomic E-state index is 13.1. The Balaban J connectivity index is 0.00000324. The van der Waals surface area contributed by atoms with Gasteiger partial charge in [0.05, 0.1) is 0 Å². The average molecular weight is 468 g/mol. The van der Waals surface area contributed by atoms with E-state index in [1.807, 2.05) is 36.4 Å². The number of nitrogens with zero attached hydrogens (tertiary/aromatic N) is 5. The minimum atomic E-state index is -0.212. The minimum Gasteiger partial charge on any atom is -0.338 e. The van der Waals surface area contributed by atoms with E-state index in [1.54, 1.807) is 11.7 Å². The first-order valence-electron chi connectivity index (χ1n) is 11.4. The van der Waals surface area contributed by atoms with Gasteiger partial charge in [0.1, 0.15) is 5.82 Å². The molecule has 2 amide bonds. The van der Waals surface area contributed by atoms with Gasteiger partial charge in [-0.1, -0.05) is 19.6 Å². The van der Waals surface area contributed by atoms with Crippen LogP contribution in [0.2, 0.25) is 0 Å². The quantitative estimate of drug-likeness (QED) is 0.487. The zero-order valence-corrected chi connectivity index (χ0v) is 18.9. The largest absolute Gasteiger partial charge is 0.338 e. The second-order valence-electron chi connectivity index (χ2n) is 8.58. The molecule has 0 spiro atoms. The predicted molar refractivity (Wildman–Crippen MR) is 132 cm³/mol. The minimum absolute atomic E-state index is 0. The molecule has 2 aromatic carbocycles. The Morgan fingerprint density at radius 1 is 1.15 bits per heavy atom. The van der Waals surface area contributed by atoms with Crippen molar-refractivity contribution in [3.05, 3.63) is 59.9 Å². The zero-order valence-electron chi connectivity index (χ0n) is 18.9. The highest BCUT2D eigenvalue weighted by Gasteiger charge is 2.20. The van der Waals surface area contributed by atoms with Crippen molar-refractivity contribution in [2.75, 3.05) is 31.5 Å². The number of urea groups is 1. The molecule has 9 heteroatoms. The van der Waals surface area contributed by atoms with Crippen LogP contribution < -0.4 is 10.6 Å². The van der Waals surface area contributed by atoms with E-state index < -0.39 is 0 Å². The molecule has 8 nitrogen and oxygen atoms in total. The molecule has 1 aliphatic rings. The van der Waals surface area contributed by atoms with E-state index in [0.717, 1.165) is 38.0 Å². The summed E-state index contributed by atoms with van der Waals surface area (Å²) >= 11 is 0. The Bertz CT molecular complexity index is 1040. The fourth-order valence-corrected chi connectivity index (χ4v) is 4.33. The van der Waals surface area contributed by atoms with E-state index in [0.29, 0.717) is 24.0 Å². The second-order valence-corrected chi connectivity index (χ2v) is 8.58. The molecule has 2 N–H and O–H groups in total. The van der Waals surface area contributed by atoms with Crippen LogP contribution in [-0.2, 0) is 13.5 Å². The van der Waals surface area contributed by atoms with Crippen LogP contribution in [0.25, 0.3) is 11.4 Å². The van der Waals surface area contributed by atoms with Crippen LogP contribution in [-0.4, -0.2) is 57.3 Å². The molecule has 1 aromatic heterocycles. The highest BCUT2D eigenvalue weighted by atomic mass is 19.1. The van der Waals surface area contributed by atoms with Crippen LogP contribution in [0.3, 0.4) is 0 Å². The second kappa shape index (κ2) is 12.2. The van der Waals surface area contributed by atoms with Crippen molar-refractivity contribution in [3.63, 3.8) is 0 Å². The normalized spacial score (nSPS) is 16.0. The number of aryl methyl sites for hydroxylation is 1. The number of hydrogen-bond acceptors (Lipinski definition) is 5. The number of piperidine rings is 1. The number of rotatable bonds is 8. The number of aromatic nitrogens is 4. The van der Waals surface area contributed by atoms with Crippen molar-refractivity contribution in [2.24, 2.45) is 13.0 Å². The molecule has 4 rings (SSSR count). The number of benzene rings is 2. The molecule has 0 radical (unpaired) electrons. The summed E-state index contributed by atoms with van der Waals surface area (Å²) in [7, 11) is 1.78. The van der Waals surface area contributed by atoms with Crippen molar-refractivity contribution in [3.8, 4) is 11.4 Å². The number of likely N-dealkylation sites (tertiary alicyclic amines) is 1. The van der Waals surface area contributed by atoms with Crippen LogP contribution in [0, 0.1) is 11.7 Å². The molecule has 0 aliphatic carbocycles. The summed E-state index contributed by atoms with van der Waals surface area (Å²) in [5.74, 6) is 1.08. The van der Waals surface area contributed by atoms with Crippen LogP contribution in [0.5, 0.6) is 0 Å². The first-order chi connectivity index (χ1) is 16.1. The molecular weight excluding hydrogens is 433 g/mol.